The lowest BCUT2D eigenvalue weighted by Crippen LogP contribution is -2.43. The highest BCUT2D eigenvalue weighted by molar-refractivity contribution is 5.84. The Kier molecular flexibility index (Phi) is 5.42. The van der Waals surface area contributed by atoms with Crippen LogP contribution in [-0.4, -0.2) is 53.0 Å². The fourth-order valence-corrected chi connectivity index (χ4v) is 2.55. The van der Waals surface area contributed by atoms with Gasteiger partial charge >= 0.3 is 6.09 Å². The van der Waals surface area contributed by atoms with Gasteiger partial charge in [-0.05, 0) is 47.2 Å². The molecule has 7 nitrogen and oxygen atoms in total. The summed E-state index contributed by atoms with van der Waals surface area (Å²) in [5, 5.41) is 13.0. The standard InChI is InChI=1S/C15H27N5O2/c1-15(2,3)22-14(21)18-13-11(9-17-19-13)8-16-12-6-5-7-20(4)10-12/h9,12,16H,5-8,10H2,1-4H3,(H2,17,18,19,21). The molecule has 2 rings (SSSR count). The fraction of sp³-hybridized carbons (Fsp3) is 0.733. The first-order valence-electron chi connectivity index (χ1n) is 7.77. The summed E-state index contributed by atoms with van der Waals surface area (Å²) < 4.78 is 5.25. The van der Waals surface area contributed by atoms with Crippen LogP contribution in [0.5, 0.6) is 0 Å². The molecule has 1 unspecified atom stereocenters. The number of aromatic amines is 1. The van der Waals surface area contributed by atoms with Gasteiger partial charge in [0.15, 0.2) is 0 Å². The van der Waals surface area contributed by atoms with Crippen LogP contribution in [-0.2, 0) is 11.3 Å². The van der Waals surface area contributed by atoms with Gasteiger partial charge in [-0.1, -0.05) is 0 Å². The zero-order valence-electron chi connectivity index (χ0n) is 13.9. The molecule has 22 heavy (non-hydrogen) atoms. The van der Waals surface area contributed by atoms with E-state index in [9.17, 15) is 4.79 Å². The summed E-state index contributed by atoms with van der Waals surface area (Å²) in [5.74, 6) is 0.589. The summed E-state index contributed by atoms with van der Waals surface area (Å²) in [4.78, 5) is 14.1. The predicted octanol–water partition coefficient (Wildman–Crippen LogP) is 1.94. The molecule has 0 radical (unpaired) electrons. The van der Waals surface area contributed by atoms with Crippen molar-refractivity contribution in [3.05, 3.63) is 11.8 Å². The smallest absolute Gasteiger partial charge is 0.413 e. The SMILES string of the molecule is CN1CCCC(NCc2cn[nH]c2NC(=O)OC(C)(C)C)C1. The molecule has 1 aromatic heterocycles. The summed E-state index contributed by atoms with van der Waals surface area (Å²) in [6.07, 6.45) is 3.64. The van der Waals surface area contributed by atoms with E-state index in [1.54, 1.807) is 6.20 Å². The molecular formula is C15H27N5O2. The first-order valence-corrected chi connectivity index (χ1v) is 7.77. The molecule has 0 saturated carbocycles. The van der Waals surface area contributed by atoms with Gasteiger partial charge in [0.1, 0.15) is 11.4 Å². The number of rotatable bonds is 4. The van der Waals surface area contributed by atoms with E-state index in [0.29, 0.717) is 18.4 Å². The molecular weight excluding hydrogens is 282 g/mol. The molecule has 124 valence electrons. The number of amides is 1. The number of likely N-dealkylation sites (tertiary alicyclic amines) is 1. The van der Waals surface area contributed by atoms with Crippen molar-refractivity contribution in [2.75, 3.05) is 25.5 Å². The second-order valence-corrected chi connectivity index (χ2v) is 6.88. The molecule has 1 aromatic rings. The van der Waals surface area contributed by atoms with E-state index in [0.717, 1.165) is 18.7 Å². The Hall–Kier alpha value is -1.60. The average molecular weight is 309 g/mol. The first kappa shape index (κ1) is 16.8. The van der Waals surface area contributed by atoms with Crippen molar-refractivity contribution in [1.29, 1.82) is 0 Å². The molecule has 1 fully saturated rings. The third-order valence-electron chi connectivity index (χ3n) is 3.55. The number of hydrogen-bond donors (Lipinski definition) is 3. The average Bonchev–Trinajstić information content (AvgIpc) is 2.81. The number of H-pyrrole nitrogens is 1. The summed E-state index contributed by atoms with van der Waals surface area (Å²) >= 11 is 0. The van der Waals surface area contributed by atoms with Crippen molar-refractivity contribution in [3.63, 3.8) is 0 Å². The lowest BCUT2D eigenvalue weighted by molar-refractivity contribution is 0.0635. The Morgan fingerprint density at radius 1 is 1.55 bits per heavy atom. The fourth-order valence-electron chi connectivity index (χ4n) is 2.55. The number of carbonyl (C=O) groups excluding carboxylic acids is 1. The molecule has 1 aliphatic heterocycles. The molecule has 1 amide bonds. The number of nitrogens with one attached hydrogen (secondary N) is 3. The molecule has 0 aromatic carbocycles. The van der Waals surface area contributed by atoms with Gasteiger partial charge in [0, 0.05) is 24.7 Å². The lowest BCUT2D eigenvalue weighted by atomic mass is 10.1. The Bertz CT molecular complexity index is 494. The van der Waals surface area contributed by atoms with E-state index in [1.807, 2.05) is 20.8 Å². The molecule has 0 bridgehead atoms. The van der Waals surface area contributed by atoms with E-state index in [1.165, 1.54) is 12.8 Å². The zero-order chi connectivity index (χ0) is 16.2. The summed E-state index contributed by atoms with van der Waals surface area (Å²) in [7, 11) is 2.14. The Morgan fingerprint density at radius 2 is 2.32 bits per heavy atom. The van der Waals surface area contributed by atoms with Crippen molar-refractivity contribution in [2.45, 2.75) is 51.8 Å². The molecule has 0 spiro atoms. The largest absolute Gasteiger partial charge is 0.444 e. The van der Waals surface area contributed by atoms with Crippen LogP contribution in [0.1, 0.15) is 39.2 Å². The predicted molar refractivity (Wildman–Crippen MR) is 85.8 cm³/mol. The van der Waals surface area contributed by atoms with Gasteiger partial charge in [-0.25, -0.2) is 4.79 Å². The normalized spacial score (nSPS) is 19.9. The lowest BCUT2D eigenvalue weighted by Gasteiger charge is -2.30. The van der Waals surface area contributed by atoms with Crippen molar-refractivity contribution in [3.8, 4) is 0 Å². The van der Waals surface area contributed by atoms with Gasteiger partial charge in [-0.15, -0.1) is 0 Å². The van der Waals surface area contributed by atoms with Crippen LogP contribution in [0.15, 0.2) is 6.20 Å². The number of aromatic nitrogens is 2. The topological polar surface area (TPSA) is 82.3 Å². The van der Waals surface area contributed by atoms with E-state index in [-0.39, 0.29) is 0 Å². The quantitative estimate of drug-likeness (QED) is 0.792. The van der Waals surface area contributed by atoms with Crippen LogP contribution >= 0.6 is 0 Å². The maximum absolute atomic E-state index is 11.8. The van der Waals surface area contributed by atoms with Crippen molar-refractivity contribution in [2.24, 2.45) is 0 Å². The van der Waals surface area contributed by atoms with Crippen molar-refractivity contribution >= 4 is 11.9 Å². The second-order valence-electron chi connectivity index (χ2n) is 6.88. The van der Waals surface area contributed by atoms with Crippen molar-refractivity contribution in [1.82, 2.24) is 20.4 Å². The molecule has 1 atom stereocenters. The van der Waals surface area contributed by atoms with Crippen LogP contribution < -0.4 is 10.6 Å². The second kappa shape index (κ2) is 7.11. The van der Waals surface area contributed by atoms with Gasteiger partial charge < -0.3 is 15.0 Å². The number of anilines is 1. The van der Waals surface area contributed by atoms with Gasteiger partial charge in [0.25, 0.3) is 0 Å². The number of likely N-dealkylation sites (N-methyl/N-ethyl adjacent to an activating group) is 1. The summed E-state index contributed by atoms with van der Waals surface area (Å²) in [5.41, 5.74) is 0.411. The first-order chi connectivity index (χ1) is 10.3. The van der Waals surface area contributed by atoms with Crippen LogP contribution in [0, 0.1) is 0 Å². The minimum atomic E-state index is -0.519. The van der Waals surface area contributed by atoms with Gasteiger partial charge in [0.2, 0.25) is 0 Å². The molecule has 2 heterocycles. The van der Waals surface area contributed by atoms with Crippen molar-refractivity contribution < 1.29 is 9.53 Å². The molecule has 7 heteroatoms. The monoisotopic (exact) mass is 309 g/mol. The van der Waals surface area contributed by atoms with Gasteiger partial charge in [-0.2, -0.15) is 5.10 Å². The minimum absolute atomic E-state index is 0.475. The molecule has 1 saturated heterocycles. The Balaban J connectivity index is 1.85. The van der Waals surface area contributed by atoms with Gasteiger partial charge in [0.05, 0.1) is 6.20 Å². The molecule has 0 aliphatic carbocycles. The highest BCUT2D eigenvalue weighted by Gasteiger charge is 2.19. The van der Waals surface area contributed by atoms with Gasteiger partial charge in [-0.3, -0.25) is 10.4 Å². The maximum Gasteiger partial charge on any atom is 0.413 e. The third kappa shape index (κ3) is 5.31. The maximum atomic E-state index is 11.8. The van der Waals surface area contributed by atoms with E-state index in [2.05, 4.69) is 32.8 Å². The highest BCUT2D eigenvalue weighted by Crippen LogP contribution is 2.15. The number of carbonyl (C=O) groups is 1. The van der Waals surface area contributed by atoms with Crippen LogP contribution in [0.25, 0.3) is 0 Å². The Morgan fingerprint density at radius 3 is 3.00 bits per heavy atom. The van der Waals surface area contributed by atoms with E-state index >= 15 is 0 Å². The van der Waals surface area contributed by atoms with Crippen LogP contribution in [0.3, 0.4) is 0 Å². The Labute approximate surface area is 131 Å². The number of hydrogen-bond acceptors (Lipinski definition) is 5. The number of piperidine rings is 1. The molecule has 1 aliphatic rings. The number of ether oxygens (including phenoxy) is 1. The minimum Gasteiger partial charge on any atom is -0.444 e. The summed E-state index contributed by atoms with van der Waals surface area (Å²) in [6.45, 7) is 8.38. The number of nitrogens with zero attached hydrogens (tertiary/aromatic N) is 2. The van der Waals surface area contributed by atoms with E-state index in [4.69, 9.17) is 4.74 Å². The summed E-state index contributed by atoms with van der Waals surface area (Å²) in [6, 6.07) is 0.475. The molecule has 3 N–H and O–H groups in total. The van der Waals surface area contributed by atoms with Crippen LogP contribution in [0.4, 0.5) is 10.6 Å². The third-order valence-corrected chi connectivity index (χ3v) is 3.55. The highest BCUT2D eigenvalue weighted by atomic mass is 16.6. The van der Waals surface area contributed by atoms with Crippen LogP contribution in [0.2, 0.25) is 0 Å². The van der Waals surface area contributed by atoms with E-state index < -0.39 is 11.7 Å². The zero-order valence-corrected chi connectivity index (χ0v) is 13.9.